The summed E-state index contributed by atoms with van der Waals surface area (Å²) in [5.74, 6) is 1.70. The maximum absolute atomic E-state index is 13.8. The first-order chi connectivity index (χ1) is 11.6. The Bertz CT molecular complexity index is 863. The van der Waals surface area contributed by atoms with E-state index in [1.54, 1.807) is 23.5 Å². The summed E-state index contributed by atoms with van der Waals surface area (Å²) in [6.45, 7) is 3.91. The second-order valence-corrected chi connectivity index (χ2v) is 7.56. The van der Waals surface area contributed by atoms with Gasteiger partial charge in [-0.05, 0) is 55.9 Å². The zero-order chi connectivity index (χ0) is 16.7. The summed E-state index contributed by atoms with van der Waals surface area (Å²) in [5, 5.41) is 2.99. The standard InChI is InChI=1S/C19H19FN2OS/c1-11-6-14(8-15(20)7-11)13-4-3-5-18-16(9-13)22-19(23-18)17-10-24-12(2)21-17/h6-8,10,13H,3-5,9H2,1-2H3. The van der Waals surface area contributed by atoms with Crippen LogP contribution in [-0.4, -0.2) is 9.97 Å². The summed E-state index contributed by atoms with van der Waals surface area (Å²) in [7, 11) is 0. The molecule has 0 saturated heterocycles. The third-order valence-corrected chi connectivity index (χ3v) is 5.32. The molecular weight excluding hydrogens is 323 g/mol. The van der Waals surface area contributed by atoms with Crippen LogP contribution < -0.4 is 0 Å². The van der Waals surface area contributed by atoms with E-state index in [0.717, 1.165) is 59.0 Å². The fourth-order valence-corrected chi connectivity index (χ4v) is 4.03. The van der Waals surface area contributed by atoms with Crippen molar-refractivity contribution in [3.05, 3.63) is 57.0 Å². The zero-order valence-corrected chi connectivity index (χ0v) is 14.6. The number of hydrogen-bond acceptors (Lipinski definition) is 4. The van der Waals surface area contributed by atoms with Crippen LogP contribution >= 0.6 is 11.3 Å². The molecule has 0 aliphatic heterocycles. The normalized spacial score (nSPS) is 17.5. The third-order valence-electron chi connectivity index (χ3n) is 4.55. The minimum atomic E-state index is -0.159. The summed E-state index contributed by atoms with van der Waals surface area (Å²) < 4.78 is 19.7. The number of hydrogen-bond donors (Lipinski definition) is 0. The lowest BCUT2D eigenvalue weighted by Crippen LogP contribution is -2.03. The first-order valence-corrected chi connectivity index (χ1v) is 9.14. The van der Waals surface area contributed by atoms with Gasteiger partial charge in [0.2, 0.25) is 5.89 Å². The fourth-order valence-electron chi connectivity index (χ4n) is 3.44. The second kappa shape index (κ2) is 6.13. The number of benzene rings is 1. The molecule has 1 aliphatic rings. The Morgan fingerprint density at radius 2 is 2.08 bits per heavy atom. The molecule has 2 aromatic heterocycles. The summed E-state index contributed by atoms with van der Waals surface area (Å²) in [5.41, 5.74) is 3.84. The molecule has 1 aliphatic carbocycles. The van der Waals surface area contributed by atoms with Crippen molar-refractivity contribution in [2.75, 3.05) is 0 Å². The number of oxazole rings is 1. The maximum Gasteiger partial charge on any atom is 0.246 e. The van der Waals surface area contributed by atoms with Crippen LogP contribution in [0.25, 0.3) is 11.6 Å². The smallest absolute Gasteiger partial charge is 0.246 e. The van der Waals surface area contributed by atoms with E-state index in [-0.39, 0.29) is 11.7 Å². The highest BCUT2D eigenvalue weighted by Crippen LogP contribution is 2.34. The van der Waals surface area contributed by atoms with Crippen LogP contribution in [0.1, 0.15) is 46.3 Å². The van der Waals surface area contributed by atoms with E-state index in [4.69, 9.17) is 9.40 Å². The molecule has 24 heavy (non-hydrogen) atoms. The third kappa shape index (κ3) is 3.00. The van der Waals surface area contributed by atoms with Crippen LogP contribution in [-0.2, 0) is 12.8 Å². The van der Waals surface area contributed by atoms with Gasteiger partial charge in [0.25, 0.3) is 0 Å². The Balaban J connectivity index is 1.66. The SMILES string of the molecule is Cc1cc(F)cc(C2CCCc3oc(-c4csc(C)n4)nc3C2)c1. The molecule has 3 nitrogen and oxygen atoms in total. The zero-order valence-electron chi connectivity index (χ0n) is 13.8. The molecule has 4 rings (SSSR count). The number of fused-ring (bicyclic) bond motifs is 1. The average Bonchev–Trinajstić information content (AvgIpc) is 3.07. The predicted molar refractivity (Wildman–Crippen MR) is 92.9 cm³/mol. The van der Waals surface area contributed by atoms with Crippen molar-refractivity contribution < 1.29 is 8.81 Å². The Morgan fingerprint density at radius 3 is 2.83 bits per heavy atom. The molecule has 5 heteroatoms. The largest absolute Gasteiger partial charge is 0.440 e. The minimum absolute atomic E-state index is 0.159. The van der Waals surface area contributed by atoms with Gasteiger partial charge in [0.1, 0.15) is 17.3 Å². The highest BCUT2D eigenvalue weighted by Gasteiger charge is 2.24. The number of aryl methyl sites for hydroxylation is 3. The van der Waals surface area contributed by atoms with Crippen molar-refractivity contribution in [2.45, 2.75) is 45.4 Å². The summed E-state index contributed by atoms with van der Waals surface area (Å²) in [6.07, 6.45) is 3.74. The fraction of sp³-hybridized carbons (Fsp3) is 0.368. The Morgan fingerprint density at radius 1 is 1.21 bits per heavy atom. The van der Waals surface area contributed by atoms with E-state index < -0.39 is 0 Å². The van der Waals surface area contributed by atoms with E-state index in [2.05, 4.69) is 11.1 Å². The minimum Gasteiger partial charge on any atom is -0.440 e. The van der Waals surface area contributed by atoms with Gasteiger partial charge in [-0.1, -0.05) is 6.07 Å². The van der Waals surface area contributed by atoms with Gasteiger partial charge in [-0.3, -0.25) is 0 Å². The molecule has 0 saturated carbocycles. The number of thiazole rings is 1. The van der Waals surface area contributed by atoms with Gasteiger partial charge < -0.3 is 4.42 Å². The number of aromatic nitrogens is 2. The lowest BCUT2D eigenvalue weighted by molar-refractivity contribution is 0.504. The van der Waals surface area contributed by atoms with Crippen LogP contribution in [0, 0.1) is 19.7 Å². The molecule has 0 N–H and O–H groups in total. The van der Waals surface area contributed by atoms with Gasteiger partial charge >= 0.3 is 0 Å². The van der Waals surface area contributed by atoms with E-state index in [0.29, 0.717) is 5.89 Å². The van der Waals surface area contributed by atoms with Gasteiger partial charge in [-0.2, -0.15) is 0 Å². The number of nitrogens with zero attached hydrogens (tertiary/aromatic N) is 2. The Kier molecular flexibility index (Phi) is 3.96. The molecule has 0 fully saturated rings. The summed E-state index contributed by atoms with van der Waals surface area (Å²) >= 11 is 1.60. The number of rotatable bonds is 2. The Labute approximate surface area is 144 Å². The quantitative estimate of drug-likeness (QED) is 0.600. The molecule has 0 amide bonds. The molecule has 3 aromatic rings. The second-order valence-electron chi connectivity index (χ2n) is 6.50. The van der Waals surface area contributed by atoms with E-state index >= 15 is 0 Å². The molecule has 1 aromatic carbocycles. The molecule has 124 valence electrons. The topological polar surface area (TPSA) is 38.9 Å². The lowest BCUT2D eigenvalue weighted by Gasteiger charge is -2.15. The first kappa shape index (κ1) is 15.5. The van der Waals surface area contributed by atoms with Crippen molar-refractivity contribution in [1.82, 2.24) is 9.97 Å². The molecule has 2 heterocycles. The van der Waals surface area contributed by atoms with Crippen LogP contribution in [0.15, 0.2) is 28.0 Å². The summed E-state index contributed by atoms with van der Waals surface area (Å²) in [6, 6.07) is 5.32. The summed E-state index contributed by atoms with van der Waals surface area (Å²) in [4.78, 5) is 9.16. The van der Waals surface area contributed by atoms with E-state index in [1.165, 1.54) is 0 Å². The van der Waals surface area contributed by atoms with Gasteiger partial charge in [0, 0.05) is 18.2 Å². The molecule has 0 bridgehead atoms. The average molecular weight is 342 g/mol. The molecule has 1 atom stereocenters. The predicted octanol–water partition coefficient (Wildman–Crippen LogP) is 5.22. The maximum atomic E-state index is 13.8. The van der Waals surface area contributed by atoms with Crippen LogP contribution in [0.5, 0.6) is 0 Å². The van der Waals surface area contributed by atoms with Crippen LogP contribution in [0.2, 0.25) is 0 Å². The Hall–Kier alpha value is -2.01. The lowest BCUT2D eigenvalue weighted by atomic mass is 9.90. The molecule has 1 unspecified atom stereocenters. The van der Waals surface area contributed by atoms with Gasteiger partial charge in [-0.15, -0.1) is 11.3 Å². The van der Waals surface area contributed by atoms with Crippen molar-refractivity contribution in [3.8, 4) is 11.6 Å². The van der Waals surface area contributed by atoms with Crippen LogP contribution in [0.3, 0.4) is 0 Å². The van der Waals surface area contributed by atoms with Crippen molar-refractivity contribution >= 4 is 11.3 Å². The first-order valence-electron chi connectivity index (χ1n) is 8.26. The number of halogens is 1. The monoisotopic (exact) mass is 342 g/mol. The van der Waals surface area contributed by atoms with Gasteiger partial charge in [0.05, 0.1) is 10.7 Å². The van der Waals surface area contributed by atoms with Gasteiger partial charge in [-0.25, -0.2) is 14.4 Å². The van der Waals surface area contributed by atoms with E-state index in [9.17, 15) is 4.39 Å². The molecular formula is C19H19FN2OS. The van der Waals surface area contributed by atoms with Crippen molar-refractivity contribution in [2.24, 2.45) is 0 Å². The van der Waals surface area contributed by atoms with Gasteiger partial charge in [0.15, 0.2) is 0 Å². The van der Waals surface area contributed by atoms with E-state index in [1.807, 2.05) is 19.2 Å². The molecule has 0 radical (unpaired) electrons. The van der Waals surface area contributed by atoms with Crippen molar-refractivity contribution in [3.63, 3.8) is 0 Å². The highest BCUT2D eigenvalue weighted by molar-refractivity contribution is 7.09. The van der Waals surface area contributed by atoms with Crippen LogP contribution in [0.4, 0.5) is 4.39 Å². The van der Waals surface area contributed by atoms with Crippen molar-refractivity contribution in [1.29, 1.82) is 0 Å². The highest BCUT2D eigenvalue weighted by atomic mass is 32.1. The molecule has 0 spiro atoms.